The largest absolute Gasteiger partial charge is 0.387 e. The number of piperidine rings is 1. The summed E-state index contributed by atoms with van der Waals surface area (Å²) in [6.45, 7) is 5.35. The number of nitrogens with two attached hydrogens (primary N) is 1. The number of rotatable bonds is 8. The summed E-state index contributed by atoms with van der Waals surface area (Å²) < 4.78 is 0. The van der Waals surface area contributed by atoms with Crippen molar-refractivity contribution >= 4 is 30.7 Å². The third kappa shape index (κ3) is 8.23. The highest BCUT2D eigenvalue weighted by atomic mass is 35.5. The summed E-state index contributed by atoms with van der Waals surface area (Å²) in [5, 5.41) is 13.3. The molecule has 2 unspecified atom stereocenters. The Bertz CT molecular complexity index is 497. The highest BCUT2D eigenvalue weighted by Crippen LogP contribution is 2.20. The van der Waals surface area contributed by atoms with E-state index in [2.05, 4.69) is 10.2 Å². The number of aliphatic hydroxyl groups is 1. The van der Waals surface area contributed by atoms with Crippen molar-refractivity contribution in [3.8, 4) is 0 Å². The lowest BCUT2D eigenvalue weighted by atomic mass is 9.96. The lowest BCUT2D eigenvalue weighted by Gasteiger charge is -2.33. The average molecular weight is 406 g/mol. The van der Waals surface area contributed by atoms with Crippen molar-refractivity contribution in [1.29, 1.82) is 0 Å². The number of benzene rings is 1. The number of aliphatic hydroxyl groups excluding tert-OH is 1. The third-order valence-electron chi connectivity index (χ3n) is 4.82. The van der Waals surface area contributed by atoms with Gasteiger partial charge in [-0.2, -0.15) is 0 Å². The number of carbonyl (C=O) groups excluding carboxylic acids is 1. The van der Waals surface area contributed by atoms with Crippen LogP contribution in [0, 0.1) is 5.92 Å². The van der Waals surface area contributed by atoms with Crippen molar-refractivity contribution in [2.45, 2.75) is 44.8 Å². The minimum atomic E-state index is -0.436. The summed E-state index contributed by atoms with van der Waals surface area (Å²) in [6, 6.07) is 9.42. The smallest absolute Gasteiger partial charge is 0.236 e. The van der Waals surface area contributed by atoms with E-state index < -0.39 is 6.10 Å². The highest BCUT2D eigenvalue weighted by Gasteiger charge is 2.22. The molecule has 5 nitrogen and oxygen atoms in total. The monoisotopic (exact) mass is 405 g/mol. The molecule has 26 heavy (non-hydrogen) atoms. The fraction of sp³-hybridized carbons (Fsp3) is 0.632. The molecular formula is C19H33Cl2N3O2. The molecule has 0 bridgehead atoms. The Morgan fingerprint density at radius 3 is 2.46 bits per heavy atom. The average Bonchev–Trinajstić information content (AvgIpc) is 2.61. The highest BCUT2D eigenvalue weighted by molar-refractivity contribution is 5.85. The number of β-amino-alcohol motifs (C(OH)–C–C–N with tert-alkyl or cyclic N) is 1. The Balaban J connectivity index is 0.00000312. The third-order valence-corrected chi connectivity index (χ3v) is 4.82. The Kier molecular flexibility index (Phi) is 12.9. The minimum Gasteiger partial charge on any atom is -0.387 e. The number of nitrogens with zero attached hydrogens (tertiary/aromatic N) is 1. The van der Waals surface area contributed by atoms with Crippen LogP contribution in [-0.4, -0.2) is 48.1 Å². The van der Waals surface area contributed by atoms with Crippen LogP contribution in [0.3, 0.4) is 0 Å². The number of hydrogen-bond acceptors (Lipinski definition) is 4. The van der Waals surface area contributed by atoms with Gasteiger partial charge in [0.05, 0.1) is 12.1 Å². The Hall–Kier alpha value is -0.850. The molecular weight excluding hydrogens is 373 g/mol. The normalized spacial score (nSPS) is 17.5. The van der Waals surface area contributed by atoms with E-state index in [1.165, 1.54) is 0 Å². The first-order chi connectivity index (χ1) is 11.6. The van der Waals surface area contributed by atoms with Crippen molar-refractivity contribution < 1.29 is 9.90 Å². The van der Waals surface area contributed by atoms with Crippen molar-refractivity contribution in [2.75, 3.05) is 26.2 Å². The molecule has 0 radical (unpaired) electrons. The number of carbonyl (C=O) groups is 1. The summed E-state index contributed by atoms with van der Waals surface area (Å²) in [6.07, 6.45) is 3.32. The van der Waals surface area contributed by atoms with Gasteiger partial charge in [-0.1, -0.05) is 43.7 Å². The summed E-state index contributed by atoms with van der Waals surface area (Å²) in [5.74, 6) is 0.478. The molecule has 1 fully saturated rings. The lowest BCUT2D eigenvalue weighted by Crippen LogP contribution is -2.44. The Morgan fingerprint density at radius 2 is 1.88 bits per heavy atom. The standard InChI is InChI=1S/C19H31N3O2.2ClH/c1-2-6-17(20)19(24)21-13-15-9-11-22(12-10-15)14-18(23)16-7-4-3-5-8-16;;/h3-5,7-8,15,17-18,23H,2,6,9-14,20H2,1H3,(H,21,24);2*1H. The summed E-state index contributed by atoms with van der Waals surface area (Å²) in [4.78, 5) is 14.2. The van der Waals surface area contributed by atoms with Crippen LogP contribution in [0.2, 0.25) is 0 Å². The van der Waals surface area contributed by atoms with Gasteiger partial charge in [-0.25, -0.2) is 0 Å². The summed E-state index contributed by atoms with van der Waals surface area (Å²) in [5.41, 5.74) is 6.80. The van der Waals surface area contributed by atoms with Gasteiger partial charge < -0.3 is 21.1 Å². The van der Waals surface area contributed by atoms with E-state index in [9.17, 15) is 9.90 Å². The number of nitrogens with one attached hydrogen (secondary N) is 1. The van der Waals surface area contributed by atoms with Gasteiger partial charge in [-0.3, -0.25) is 4.79 Å². The fourth-order valence-electron chi connectivity index (χ4n) is 3.22. The molecule has 1 aromatic rings. The van der Waals surface area contributed by atoms with Gasteiger partial charge in [-0.05, 0) is 43.8 Å². The zero-order chi connectivity index (χ0) is 17.4. The van der Waals surface area contributed by atoms with Crippen LogP contribution in [0.15, 0.2) is 30.3 Å². The molecule has 1 aliphatic heterocycles. The van der Waals surface area contributed by atoms with E-state index >= 15 is 0 Å². The number of hydrogen-bond donors (Lipinski definition) is 3. The first-order valence-electron chi connectivity index (χ1n) is 9.08. The van der Waals surface area contributed by atoms with E-state index in [1.54, 1.807) is 0 Å². The van der Waals surface area contributed by atoms with Crippen molar-refractivity contribution in [3.63, 3.8) is 0 Å². The van der Waals surface area contributed by atoms with Crippen molar-refractivity contribution in [3.05, 3.63) is 35.9 Å². The summed E-state index contributed by atoms with van der Waals surface area (Å²) >= 11 is 0. The maximum Gasteiger partial charge on any atom is 0.236 e. The number of halogens is 2. The minimum absolute atomic E-state index is 0. The molecule has 0 spiro atoms. The molecule has 1 heterocycles. The molecule has 4 N–H and O–H groups in total. The van der Waals surface area contributed by atoms with Gasteiger partial charge >= 0.3 is 0 Å². The van der Waals surface area contributed by atoms with Gasteiger partial charge in [0.2, 0.25) is 5.91 Å². The molecule has 7 heteroatoms. The van der Waals surface area contributed by atoms with E-state index in [4.69, 9.17) is 5.73 Å². The zero-order valence-electron chi connectivity index (χ0n) is 15.5. The van der Waals surface area contributed by atoms with Crippen LogP contribution < -0.4 is 11.1 Å². The number of amides is 1. The van der Waals surface area contributed by atoms with E-state index in [0.29, 0.717) is 19.0 Å². The van der Waals surface area contributed by atoms with Gasteiger partial charge in [-0.15, -0.1) is 24.8 Å². The van der Waals surface area contributed by atoms with Crippen LogP contribution in [0.5, 0.6) is 0 Å². The van der Waals surface area contributed by atoms with Crippen LogP contribution in [0.1, 0.15) is 44.3 Å². The topological polar surface area (TPSA) is 78.6 Å². The maximum atomic E-state index is 11.9. The predicted molar refractivity (Wildman–Crippen MR) is 111 cm³/mol. The number of likely N-dealkylation sites (tertiary alicyclic amines) is 1. The molecule has 2 atom stereocenters. The van der Waals surface area contributed by atoms with E-state index in [-0.39, 0.29) is 36.8 Å². The van der Waals surface area contributed by atoms with Gasteiger partial charge in [0.25, 0.3) is 0 Å². The van der Waals surface area contributed by atoms with Gasteiger partial charge in [0.1, 0.15) is 0 Å². The first-order valence-corrected chi connectivity index (χ1v) is 9.08. The second-order valence-corrected chi connectivity index (χ2v) is 6.81. The summed E-state index contributed by atoms with van der Waals surface area (Å²) in [7, 11) is 0. The quantitative estimate of drug-likeness (QED) is 0.620. The molecule has 2 rings (SSSR count). The molecule has 0 aliphatic carbocycles. The zero-order valence-corrected chi connectivity index (χ0v) is 17.1. The van der Waals surface area contributed by atoms with Crippen molar-refractivity contribution in [2.24, 2.45) is 11.7 Å². The van der Waals surface area contributed by atoms with Crippen LogP contribution in [-0.2, 0) is 4.79 Å². The molecule has 1 saturated heterocycles. The molecule has 0 aromatic heterocycles. The molecule has 1 amide bonds. The Labute approximate surface area is 169 Å². The fourth-order valence-corrected chi connectivity index (χ4v) is 3.22. The van der Waals surface area contributed by atoms with Gasteiger partial charge in [0.15, 0.2) is 0 Å². The van der Waals surface area contributed by atoms with Gasteiger partial charge in [0, 0.05) is 13.1 Å². The second kappa shape index (κ2) is 13.3. The molecule has 0 saturated carbocycles. The molecule has 1 aromatic carbocycles. The van der Waals surface area contributed by atoms with Crippen LogP contribution in [0.25, 0.3) is 0 Å². The maximum absolute atomic E-state index is 11.9. The lowest BCUT2D eigenvalue weighted by molar-refractivity contribution is -0.122. The van der Waals surface area contributed by atoms with Crippen molar-refractivity contribution in [1.82, 2.24) is 10.2 Å². The SMILES string of the molecule is CCCC(N)C(=O)NCC1CCN(CC(O)c2ccccc2)CC1.Cl.Cl. The molecule has 1 aliphatic rings. The predicted octanol–water partition coefficient (Wildman–Crippen LogP) is 2.52. The van der Waals surface area contributed by atoms with Crippen LogP contribution in [0.4, 0.5) is 0 Å². The first kappa shape index (κ1) is 25.1. The molecule has 150 valence electrons. The van der Waals surface area contributed by atoms with E-state index in [1.807, 2.05) is 37.3 Å². The van der Waals surface area contributed by atoms with E-state index in [0.717, 1.165) is 44.3 Å². The Morgan fingerprint density at radius 1 is 1.27 bits per heavy atom. The second-order valence-electron chi connectivity index (χ2n) is 6.81. The van der Waals surface area contributed by atoms with Crippen LogP contribution >= 0.6 is 24.8 Å².